The number of aryl methyl sites for hydroxylation is 1. The van der Waals surface area contributed by atoms with Gasteiger partial charge in [-0.25, -0.2) is 0 Å². The van der Waals surface area contributed by atoms with Gasteiger partial charge in [-0.15, -0.1) is 0 Å². The normalized spacial score (nSPS) is 17.7. The van der Waals surface area contributed by atoms with E-state index in [1.54, 1.807) is 6.20 Å². The van der Waals surface area contributed by atoms with Gasteiger partial charge in [0.05, 0.1) is 6.20 Å². The average Bonchev–Trinajstić information content (AvgIpc) is 2.59. The third kappa shape index (κ3) is 4.09. The second-order valence-electron chi connectivity index (χ2n) is 6.17. The molecular weight excluding hydrogens is 288 g/mol. The molecule has 1 aliphatic rings. The maximum absolute atomic E-state index is 8.89. The molecule has 1 N–H and O–H groups in total. The second-order valence-corrected chi connectivity index (χ2v) is 6.17. The van der Waals surface area contributed by atoms with E-state index in [2.05, 4.69) is 41.2 Å². The molecule has 0 bridgehead atoms. The van der Waals surface area contributed by atoms with Gasteiger partial charge in [-0.05, 0) is 50.0 Å². The number of benzene rings is 1. The highest BCUT2D eigenvalue weighted by atomic mass is 16.5. The van der Waals surface area contributed by atoms with Gasteiger partial charge >= 0.3 is 0 Å². The van der Waals surface area contributed by atoms with Crippen LogP contribution in [0.25, 0.3) is 11.1 Å². The Morgan fingerprint density at radius 2 is 2.04 bits per heavy atom. The Bertz CT molecular complexity index is 628. The lowest BCUT2D eigenvalue weighted by atomic mass is 10.0. The molecule has 3 rings (SSSR count). The summed E-state index contributed by atoms with van der Waals surface area (Å²) in [6, 6.07) is 11.0. The van der Waals surface area contributed by atoms with Gasteiger partial charge in [0.1, 0.15) is 12.4 Å². The zero-order chi connectivity index (χ0) is 16.1. The zero-order valence-corrected chi connectivity index (χ0v) is 13.6. The average molecular weight is 312 g/mol. The number of aliphatic hydroxyl groups excluding tert-OH is 1. The highest BCUT2D eigenvalue weighted by Crippen LogP contribution is 2.24. The molecule has 2 heterocycles. The SMILES string of the molecule is CN1CC[C@@H]1COc1cncc(-c2ccc(CCCO)cc2)c1. The van der Waals surface area contributed by atoms with Crippen LogP contribution >= 0.6 is 0 Å². The maximum Gasteiger partial charge on any atom is 0.138 e. The van der Waals surface area contributed by atoms with Crippen LogP contribution in [-0.4, -0.2) is 47.8 Å². The van der Waals surface area contributed by atoms with Gasteiger partial charge in [-0.1, -0.05) is 24.3 Å². The van der Waals surface area contributed by atoms with Crippen LogP contribution in [0.2, 0.25) is 0 Å². The Balaban J connectivity index is 1.64. The summed E-state index contributed by atoms with van der Waals surface area (Å²) in [4.78, 5) is 6.61. The molecule has 0 saturated carbocycles. The van der Waals surface area contributed by atoms with Crippen LogP contribution in [0.1, 0.15) is 18.4 Å². The van der Waals surface area contributed by atoms with Crippen molar-refractivity contribution in [2.45, 2.75) is 25.3 Å². The monoisotopic (exact) mass is 312 g/mol. The van der Waals surface area contributed by atoms with Crippen molar-refractivity contribution in [1.29, 1.82) is 0 Å². The molecule has 4 nitrogen and oxygen atoms in total. The molecule has 0 amide bonds. The van der Waals surface area contributed by atoms with E-state index >= 15 is 0 Å². The summed E-state index contributed by atoms with van der Waals surface area (Å²) >= 11 is 0. The molecule has 122 valence electrons. The predicted octanol–water partition coefficient (Wildman–Crippen LogP) is 2.76. The van der Waals surface area contributed by atoms with Crippen LogP contribution in [0.15, 0.2) is 42.7 Å². The topological polar surface area (TPSA) is 45.6 Å². The first-order valence-corrected chi connectivity index (χ1v) is 8.24. The Labute approximate surface area is 137 Å². The summed E-state index contributed by atoms with van der Waals surface area (Å²) in [5.41, 5.74) is 3.45. The Kier molecular flexibility index (Phi) is 5.26. The largest absolute Gasteiger partial charge is 0.490 e. The molecule has 0 unspecified atom stereocenters. The molecule has 0 radical (unpaired) electrons. The summed E-state index contributed by atoms with van der Waals surface area (Å²) in [6.45, 7) is 2.12. The molecule has 0 spiro atoms. The number of hydrogen-bond acceptors (Lipinski definition) is 4. The van der Waals surface area contributed by atoms with Gasteiger partial charge in [0.15, 0.2) is 0 Å². The summed E-state index contributed by atoms with van der Waals surface area (Å²) in [6.07, 6.45) is 6.56. The Hall–Kier alpha value is -1.91. The molecular formula is C19H24N2O2. The van der Waals surface area contributed by atoms with Crippen LogP contribution in [0.3, 0.4) is 0 Å². The fourth-order valence-corrected chi connectivity index (χ4v) is 2.78. The number of rotatable bonds is 7. The molecule has 1 fully saturated rings. The standard InChI is InChI=1S/C19H24N2O2/c1-21-9-8-18(21)14-23-19-11-17(12-20-13-19)16-6-4-15(5-7-16)3-2-10-22/h4-7,11-13,18,22H,2-3,8-10,14H2,1H3/t18-/m1/s1. The number of nitrogens with zero attached hydrogens (tertiary/aromatic N) is 2. The van der Waals surface area contributed by atoms with Crippen molar-refractivity contribution in [3.63, 3.8) is 0 Å². The van der Waals surface area contributed by atoms with E-state index in [1.165, 1.54) is 12.0 Å². The molecule has 23 heavy (non-hydrogen) atoms. The quantitative estimate of drug-likeness (QED) is 0.854. The molecule has 1 aliphatic heterocycles. The number of hydrogen-bond donors (Lipinski definition) is 1. The molecule has 1 aromatic heterocycles. The predicted molar refractivity (Wildman–Crippen MR) is 91.6 cm³/mol. The van der Waals surface area contributed by atoms with Gasteiger partial charge in [-0.2, -0.15) is 0 Å². The van der Waals surface area contributed by atoms with Gasteiger partial charge in [0.25, 0.3) is 0 Å². The van der Waals surface area contributed by atoms with Crippen molar-refractivity contribution in [2.75, 3.05) is 26.8 Å². The summed E-state index contributed by atoms with van der Waals surface area (Å²) < 4.78 is 5.89. The molecule has 2 aromatic rings. The van der Waals surface area contributed by atoms with E-state index in [0.29, 0.717) is 6.04 Å². The summed E-state index contributed by atoms with van der Waals surface area (Å²) in [5.74, 6) is 0.826. The number of pyridine rings is 1. The van der Waals surface area contributed by atoms with Crippen molar-refractivity contribution in [1.82, 2.24) is 9.88 Å². The summed E-state index contributed by atoms with van der Waals surface area (Å²) in [7, 11) is 2.13. The van der Waals surface area contributed by atoms with Crippen molar-refractivity contribution < 1.29 is 9.84 Å². The van der Waals surface area contributed by atoms with Crippen LogP contribution in [0.4, 0.5) is 0 Å². The molecule has 1 saturated heterocycles. The van der Waals surface area contributed by atoms with Gasteiger partial charge < -0.3 is 9.84 Å². The van der Waals surface area contributed by atoms with Crippen molar-refractivity contribution in [2.24, 2.45) is 0 Å². The van der Waals surface area contributed by atoms with E-state index in [9.17, 15) is 0 Å². The van der Waals surface area contributed by atoms with Crippen LogP contribution < -0.4 is 4.74 Å². The number of aromatic nitrogens is 1. The number of likely N-dealkylation sites (N-methyl/N-ethyl adjacent to an activating group) is 1. The second kappa shape index (κ2) is 7.57. The van der Waals surface area contributed by atoms with E-state index < -0.39 is 0 Å². The lowest BCUT2D eigenvalue weighted by molar-refractivity contribution is 0.0768. The minimum Gasteiger partial charge on any atom is -0.490 e. The highest BCUT2D eigenvalue weighted by molar-refractivity contribution is 5.64. The number of aliphatic hydroxyl groups is 1. The lowest BCUT2D eigenvalue weighted by Gasteiger charge is -2.37. The van der Waals surface area contributed by atoms with Crippen molar-refractivity contribution in [3.05, 3.63) is 48.3 Å². The number of ether oxygens (including phenoxy) is 1. The lowest BCUT2D eigenvalue weighted by Crippen LogP contribution is -2.48. The maximum atomic E-state index is 8.89. The first-order chi connectivity index (χ1) is 11.3. The molecule has 0 aliphatic carbocycles. The Morgan fingerprint density at radius 3 is 2.70 bits per heavy atom. The Morgan fingerprint density at radius 1 is 1.22 bits per heavy atom. The van der Waals surface area contributed by atoms with Crippen LogP contribution in [0, 0.1) is 0 Å². The fourth-order valence-electron chi connectivity index (χ4n) is 2.78. The van der Waals surface area contributed by atoms with Crippen LogP contribution in [0.5, 0.6) is 5.75 Å². The van der Waals surface area contributed by atoms with E-state index in [1.807, 2.05) is 12.3 Å². The fraction of sp³-hybridized carbons (Fsp3) is 0.421. The third-order valence-electron chi connectivity index (χ3n) is 4.50. The van der Waals surface area contributed by atoms with Crippen molar-refractivity contribution in [3.8, 4) is 16.9 Å². The van der Waals surface area contributed by atoms with E-state index in [-0.39, 0.29) is 6.61 Å². The van der Waals surface area contributed by atoms with Gasteiger partial charge in [-0.3, -0.25) is 9.88 Å². The number of likely N-dealkylation sites (tertiary alicyclic amines) is 1. The zero-order valence-electron chi connectivity index (χ0n) is 13.6. The third-order valence-corrected chi connectivity index (χ3v) is 4.50. The van der Waals surface area contributed by atoms with Gasteiger partial charge in [0, 0.05) is 24.4 Å². The summed E-state index contributed by atoms with van der Waals surface area (Å²) in [5, 5.41) is 8.89. The minimum atomic E-state index is 0.237. The molecule has 1 aromatic carbocycles. The molecule has 1 atom stereocenters. The molecule has 4 heteroatoms. The first kappa shape index (κ1) is 16.0. The van der Waals surface area contributed by atoms with E-state index in [4.69, 9.17) is 9.84 Å². The first-order valence-electron chi connectivity index (χ1n) is 8.24. The minimum absolute atomic E-state index is 0.237. The van der Waals surface area contributed by atoms with Gasteiger partial charge in [0.2, 0.25) is 0 Å². The smallest absolute Gasteiger partial charge is 0.138 e. The van der Waals surface area contributed by atoms with Crippen LogP contribution in [-0.2, 0) is 6.42 Å². The van der Waals surface area contributed by atoms with Crippen molar-refractivity contribution >= 4 is 0 Å². The van der Waals surface area contributed by atoms with E-state index in [0.717, 1.165) is 42.9 Å². The highest BCUT2D eigenvalue weighted by Gasteiger charge is 2.24.